The van der Waals surface area contributed by atoms with Gasteiger partial charge < -0.3 is 16.0 Å². The van der Waals surface area contributed by atoms with E-state index in [-0.39, 0.29) is 11.2 Å². The summed E-state index contributed by atoms with van der Waals surface area (Å²) in [6, 6.07) is 11.9. The summed E-state index contributed by atoms with van der Waals surface area (Å²) in [4.78, 5) is 19.8. The molecule has 3 N–H and O–H groups in total. The van der Waals surface area contributed by atoms with Crippen LogP contribution in [0, 0.1) is 5.41 Å². The number of carbonyl (C=O) groups excluding carboxylic acids is 1. The fourth-order valence-corrected chi connectivity index (χ4v) is 4.58. The topological polar surface area (TPSA) is 83.1 Å². The minimum Gasteiger partial charge on any atom is -0.404 e. The second kappa shape index (κ2) is 12.4. The van der Waals surface area contributed by atoms with Crippen LogP contribution >= 0.6 is 24.4 Å². The normalized spacial score (nSPS) is 14.6. The van der Waals surface area contributed by atoms with E-state index in [9.17, 15) is 4.79 Å². The van der Waals surface area contributed by atoms with E-state index in [2.05, 4.69) is 24.5 Å². The van der Waals surface area contributed by atoms with E-state index in [1.165, 1.54) is 24.2 Å². The number of aromatic nitrogens is 1. The van der Waals surface area contributed by atoms with Gasteiger partial charge in [0.2, 0.25) is 5.91 Å². The van der Waals surface area contributed by atoms with E-state index in [1.807, 2.05) is 41.3 Å². The molecule has 7 heteroatoms. The Labute approximate surface area is 189 Å². The van der Waals surface area contributed by atoms with Gasteiger partial charge in [-0.3, -0.25) is 4.79 Å². The summed E-state index contributed by atoms with van der Waals surface area (Å²) in [6.07, 6.45) is 9.00. The van der Waals surface area contributed by atoms with Crippen molar-refractivity contribution < 1.29 is 4.79 Å². The number of hydrogen-bond acceptors (Lipinski definition) is 6. The van der Waals surface area contributed by atoms with Gasteiger partial charge in [0.25, 0.3) is 0 Å². The van der Waals surface area contributed by atoms with Gasteiger partial charge in [-0.25, -0.2) is 4.98 Å². The van der Waals surface area contributed by atoms with E-state index >= 15 is 0 Å². The molecule has 3 rings (SSSR count). The number of allylic oxidation sites excluding steroid dienone is 1. The quantitative estimate of drug-likeness (QED) is 0.333. The molecule has 1 unspecified atom stereocenters. The number of carbonyl (C=O) groups is 1. The molecule has 1 saturated heterocycles. The van der Waals surface area contributed by atoms with Crippen LogP contribution in [0.4, 0.5) is 0 Å². The molecule has 0 saturated carbocycles. The first-order valence-corrected chi connectivity index (χ1v) is 11.8. The molecule has 30 heavy (non-hydrogen) atoms. The van der Waals surface area contributed by atoms with Crippen LogP contribution in [0.25, 0.3) is 5.57 Å². The van der Waals surface area contributed by atoms with Gasteiger partial charge in [-0.15, -0.1) is 0 Å². The number of thioether (sulfide) groups is 1. The number of rotatable bonds is 7. The van der Waals surface area contributed by atoms with Gasteiger partial charge in [-0.2, -0.15) is 12.6 Å². The SMILES string of the molecule is CCc1cc(/C(C=N)=C/N)cnc1SC(C(=O)N1CCCC1)c1ccccc1.CS. The molecule has 2 aromatic rings. The van der Waals surface area contributed by atoms with Crippen LogP contribution < -0.4 is 5.73 Å². The van der Waals surface area contributed by atoms with Crippen molar-refractivity contribution in [3.63, 3.8) is 0 Å². The van der Waals surface area contributed by atoms with Crippen LogP contribution in [0.1, 0.15) is 41.7 Å². The first-order valence-electron chi connectivity index (χ1n) is 10.0. The molecule has 160 valence electrons. The summed E-state index contributed by atoms with van der Waals surface area (Å²) in [6.45, 7) is 3.74. The standard InChI is InChI=1S/C22H26N4OS.CH4S/c1-2-16-12-18(19(13-23)14-24)15-25-21(16)28-20(17-8-4-3-5-9-17)22(27)26-10-6-7-11-26;1-2/h3-5,8-9,12-15,20,23H,2,6-7,10-11,24H2,1H3;2H,1H3/b19-14+,23-13?;. The molecule has 0 bridgehead atoms. The van der Waals surface area contributed by atoms with Gasteiger partial charge in [0.15, 0.2) is 0 Å². The molecular formula is C23H30N4OS2. The maximum atomic E-state index is 13.2. The van der Waals surface area contributed by atoms with Gasteiger partial charge in [0, 0.05) is 42.8 Å². The fraction of sp³-hybridized carbons (Fsp3) is 0.348. The molecule has 0 spiro atoms. The molecule has 1 fully saturated rings. The summed E-state index contributed by atoms with van der Waals surface area (Å²) < 4.78 is 0. The third-order valence-corrected chi connectivity index (χ3v) is 6.25. The van der Waals surface area contributed by atoms with Gasteiger partial charge in [-0.1, -0.05) is 49.0 Å². The molecular weight excluding hydrogens is 412 g/mol. The Bertz CT molecular complexity index is 865. The number of aryl methyl sites for hydroxylation is 1. The van der Waals surface area contributed by atoms with Gasteiger partial charge in [0.1, 0.15) is 10.3 Å². The first-order chi connectivity index (χ1) is 14.7. The van der Waals surface area contributed by atoms with Gasteiger partial charge in [-0.05, 0) is 42.7 Å². The molecule has 1 aliphatic heterocycles. The molecule has 1 aromatic carbocycles. The Morgan fingerprint density at radius 1 is 1.30 bits per heavy atom. The van der Waals surface area contributed by atoms with Crippen molar-refractivity contribution in [2.75, 3.05) is 19.3 Å². The van der Waals surface area contributed by atoms with Crippen LogP contribution in [0.15, 0.2) is 53.8 Å². The lowest BCUT2D eigenvalue weighted by atomic mass is 10.1. The molecule has 1 aromatic heterocycles. The van der Waals surface area contributed by atoms with Crippen LogP contribution in [-0.2, 0) is 11.2 Å². The molecule has 0 radical (unpaired) electrons. The first kappa shape index (κ1) is 24.0. The second-order valence-electron chi connectivity index (χ2n) is 6.75. The van der Waals surface area contributed by atoms with Crippen molar-refractivity contribution in [3.8, 4) is 0 Å². The third kappa shape index (κ3) is 5.89. The number of amides is 1. The highest BCUT2D eigenvalue weighted by Gasteiger charge is 2.29. The van der Waals surface area contributed by atoms with E-state index < -0.39 is 0 Å². The molecule has 1 amide bonds. The lowest BCUT2D eigenvalue weighted by Crippen LogP contribution is -2.31. The lowest BCUT2D eigenvalue weighted by Gasteiger charge is -2.23. The smallest absolute Gasteiger partial charge is 0.240 e. The van der Waals surface area contributed by atoms with E-state index in [0.29, 0.717) is 5.57 Å². The fourth-order valence-electron chi connectivity index (χ4n) is 3.35. The predicted octanol–water partition coefficient (Wildman–Crippen LogP) is 4.59. The lowest BCUT2D eigenvalue weighted by molar-refractivity contribution is -0.129. The monoisotopic (exact) mass is 442 g/mol. The minimum absolute atomic E-state index is 0.156. The van der Waals surface area contributed by atoms with Crippen molar-refractivity contribution in [2.45, 2.75) is 36.5 Å². The minimum atomic E-state index is -0.310. The average Bonchev–Trinajstić information content (AvgIpc) is 3.35. The zero-order valence-electron chi connectivity index (χ0n) is 17.5. The van der Waals surface area contributed by atoms with Crippen molar-refractivity contribution in [1.82, 2.24) is 9.88 Å². The number of nitrogens with two attached hydrogens (primary N) is 1. The highest BCUT2D eigenvalue weighted by Crippen LogP contribution is 2.38. The Morgan fingerprint density at radius 2 is 1.97 bits per heavy atom. The summed E-state index contributed by atoms with van der Waals surface area (Å²) in [5.74, 6) is 0.156. The van der Waals surface area contributed by atoms with Crippen LogP contribution in [0.2, 0.25) is 0 Å². The van der Waals surface area contributed by atoms with Crippen LogP contribution in [-0.4, -0.2) is 41.4 Å². The van der Waals surface area contributed by atoms with E-state index in [4.69, 9.17) is 11.1 Å². The Morgan fingerprint density at radius 3 is 2.53 bits per heavy atom. The van der Waals surface area contributed by atoms with Crippen molar-refractivity contribution >= 4 is 42.1 Å². The highest BCUT2D eigenvalue weighted by molar-refractivity contribution is 8.00. The van der Waals surface area contributed by atoms with Crippen molar-refractivity contribution in [1.29, 1.82) is 5.41 Å². The second-order valence-corrected chi connectivity index (χ2v) is 7.84. The van der Waals surface area contributed by atoms with E-state index in [0.717, 1.165) is 54.1 Å². The summed E-state index contributed by atoms with van der Waals surface area (Å²) in [7, 11) is 0. The predicted molar refractivity (Wildman–Crippen MR) is 130 cm³/mol. The number of likely N-dealkylation sites (tertiary alicyclic amines) is 1. The van der Waals surface area contributed by atoms with Gasteiger partial charge in [0.05, 0.1) is 0 Å². The van der Waals surface area contributed by atoms with Crippen LogP contribution in [0.3, 0.4) is 0 Å². The number of pyridine rings is 1. The van der Waals surface area contributed by atoms with E-state index in [1.54, 1.807) is 12.5 Å². The largest absolute Gasteiger partial charge is 0.404 e. The number of nitrogens with one attached hydrogen (secondary N) is 1. The third-order valence-electron chi connectivity index (χ3n) is 4.95. The molecule has 2 heterocycles. The van der Waals surface area contributed by atoms with Crippen molar-refractivity contribution in [2.24, 2.45) is 5.73 Å². The summed E-state index contributed by atoms with van der Waals surface area (Å²) >= 11 is 5.04. The number of thiol groups is 1. The zero-order valence-corrected chi connectivity index (χ0v) is 19.3. The molecule has 5 nitrogen and oxygen atoms in total. The maximum Gasteiger partial charge on any atom is 0.240 e. The van der Waals surface area contributed by atoms with Gasteiger partial charge >= 0.3 is 0 Å². The van der Waals surface area contributed by atoms with Crippen molar-refractivity contribution in [3.05, 3.63) is 65.5 Å². The average molecular weight is 443 g/mol. The molecule has 1 atom stereocenters. The number of benzene rings is 1. The number of hydrogen-bond donors (Lipinski definition) is 3. The van der Waals surface area contributed by atoms with Crippen LogP contribution in [0.5, 0.6) is 0 Å². The maximum absolute atomic E-state index is 13.2. The summed E-state index contributed by atoms with van der Waals surface area (Å²) in [5, 5.41) is 8.04. The highest BCUT2D eigenvalue weighted by atomic mass is 32.2. The summed E-state index contributed by atoms with van der Waals surface area (Å²) in [5.41, 5.74) is 9.12. The molecule has 1 aliphatic rings. The Hall–Kier alpha value is -2.25. The number of nitrogens with zero attached hydrogens (tertiary/aromatic N) is 2. The Balaban J connectivity index is 0.00000155. The zero-order chi connectivity index (χ0) is 21.9. The Kier molecular flexibility index (Phi) is 9.97. The molecule has 0 aliphatic carbocycles.